The molecule has 2 rings (SSSR count). The lowest BCUT2D eigenvalue weighted by Gasteiger charge is -2.19. The molecule has 0 bridgehead atoms. The van der Waals surface area contributed by atoms with Gasteiger partial charge in [0, 0.05) is 18.0 Å². The van der Waals surface area contributed by atoms with E-state index in [0.29, 0.717) is 18.0 Å². The Bertz CT molecular complexity index is 540. The fourth-order valence-electron chi connectivity index (χ4n) is 2.02. The molecule has 1 heterocycles. The molecular weight excluding hydrogens is 307 g/mol. The van der Waals surface area contributed by atoms with Crippen LogP contribution in [-0.2, 0) is 9.53 Å². The van der Waals surface area contributed by atoms with Crippen molar-refractivity contribution in [3.8, 4) is 0 Å². The molecule has 1 aromatic carbocycles. The van der Waals surface area contributed by atoms with Crippen LogP contribution in [0.4, 0.5) is 13.2 Å². The van der Waals surface area contributed by atoms with E-state index < -0.39 is 18.4 Å². The van der Waals surface area contributed by atoms with E-state index >= 15 is 0 Å². The second-order valence-corrected chi connectivity index (χ2v) is 5.01. The van der Waals surface area contributed by atoms with Crippen molar-refractivity contribution >= 4 is 23.1 Å². The molecule has 0 aliphatic carbocycles. The Kier molecular flexibility index (Phi) is 4.90. The molecule has 1 aromatic rings. The Balaban J connectivity index is 2.09. The zero-order chi connectivity index (χ0) is 15.5. The number of halogens is 4. The number of hydrogen-bond donors (Lipinski definition) is 1. The summed E-state index contributed by atoms with van der Waals surface area (Å²) in [6.07, 6.45) is -3.26. The Morgan fingerprint density at radius 3 is 2.57 bits per heavy atom. The number of ether oxygens (including phenoxy) is 1. The molecule has 0 fully saturated rings. The summed E-state index contributed by atoms with van der Waals surface area (Å²) in [7, 11) is 0. The number of carbonyl (C=O) groups is 1. The van der Waals surface area contributed by atoms with E-state index in [4.69, 9.17) is 11.6 Å². The average Bonchev–Trinajstić information content (AvgIpc) is 2.64. The van der Waals surface area contributed by atoms with Crippen LogP contribution in [0, 0.1) is 0 Å². The summed E-state index contributed by atoms with van der Waals surface area (Å²) in [6, 6.07) is 6.96. The lowest BCUT2D eigenvalue weighted by Crippen LogP contribution is -2.38. The van der Waals surface area contributed by atoms with Gasteiger partial charge in [-0.3, -0.25) is 5.32 Å². The number of rotatable bonds is 2. The van der Waals surface area contributed by atoms with Gasteiger partial charge in [-0.25, -0.2) is 4.79 Å². The highest BCUT2D eigenvalue weighted by molar-refractivity contribution is 6.30. The van der Waals surface area contributed by atoms with E-state index in [9.17, 15) is 18.0 Å². The third-order valence-electron chi connectivity index (χ3n) is 3.01. The first-order valence-electron chi connectivity index (χ1n) is 6.32. The molecule has 1 unspecified atom stereocenters. The molecule has 21 heavy (non-hydrogen) atoms. The zero-order valence-electron chi connectivity index (χ0n) is 10.9. The van der Waals surface area contributed by atoms with Crippen molar-refractivity contribution in [2.24, 2.45) is 0 Å². The van der Waals surface area contributed by atoms with Crippen molar-refractivity contribution in [3.05, 3.63) is 40.9 Å². The minimum Gasteiger partial charge on any atom is -0.440 e. The Morgan fingerprint density at radius 1 is 1.29 bits per heavy atom. The van der Waals surface area contributed by atoms with Gasteiger partial charge in [-0.1, -0.05) is 29.8 Å². The van der Waals surface area contributed by atoms with Gasteiger partial charge >= 0.3 is 12.1 Å². The number of carbonyl (C=O) groups excluding carboxylic acids is 1. The fraction of sp³-hybridized carbons (Fsp3) is 0.357. The van der Waals surface area contributed by atoms with Gasteiger partial charge in [0.2, 0.25) is 0 Å². The van der Waals surface area contributed by atoms with Crippen LogP contribution in [0.25, 0.3) is 5.57 Å². The van der Waals surface area contributed by atoms with E-state index in [0.717, 1.165) is 11.1 Å². The monoisotopic (exact) mass is 319 g/mol. The maximum absolute atomic E-state index is 12.2. The van der Waals surface area contributed by atoms with Crippen LogP contribution >= 0.6 is 11.6 Å². The summed E-state index contributed by atoms with van der Waals surface area (Å²) in [4.78, 5) is 10.9. The van der Waals surface area contributed by atoms with Gasteiger partial charge in [0.05, 0.1) is 0 Å². The van der Waals surface area contributed by atoms with Gasteiger partial charge in [-0.15, -0.1) is 0 Å². The van der Waals surface area contributed by atoms with E-state index in [1.165, 1.54) is 0 Å². The molecule has 0 aromatic heterocycles. The topological polar surface area (TPSA) is 38.3 Å². The van der Waals surface area contributed by atoms with Crippen molar-refractivity contribution in [2.45, 2.75) is 25.2 Å². The van der Waals surface area contributed by atoms with Crippen LogP contribution in [-0.4, -0.2) is 24.9 Å². The molecular formula is C14H13ClF3NO2. The Morgan fingerprint density at radius 2 is 1.95 bits per heavy atom. The maximum Gasteiger partial charge on any atom is 0.490 e. The smallest absolute Gasteiger partial charge is 0.440 e. The van der Waals surface area contributed by atoms with Crippen LogP contribution in [0.2, 0.25) is 5.02 Å². The summed E-state index contributed by atoms with van der Waals surface area (Å²) in [5, 5.41) is 3.35. The maximum atomic E-state index is 12.2. The second-order valence-electron chi connectivity index (χ2n) is 4.57. The molecule has 0 saturated heterocycles. The van der Waals surface area contributed by atoms with Crippen LogP contribution in [0.15, 0.2) is 30.3 Å². The molecule has 1 aliphatic heterocycles. The molecule has 7 heteroatoms. The van der Waals surface area contributed by atoms with Crippen LogP contribution in [0.3, 0.4) is 0 Å². The number of hydrogen-bond acceptors (Lipinski definition) is 3. The number of benzene rings is 1. The average molecular weight is 320 g/mol. The lowest BCUT2D eigenvalue weighted by molar-refractivity contribution is -0.205. The standard InChI is InChI=1S/C14H13ClF3NO2/c15-11-5-3-9(4-6-11)10-2-1-7-19-12(8-10)21-13(20)14(16,17)18/h2-6,12,19H,1,7-8H2. The summed E-state index contributed by atoms with van der Waals surface area (Å²) in [5.41, 5.74) is 1.66. The van der Waals surface area contributed by atoms with Crippen molar-refractivity contribution in [2.75, 3.05) is 6.54 Å². The van der Waals surface area contributed by atoms with Crippen molar-refractivity contribution in [3.63, 3.8) is 0 Å². The molecule has 1 atom stereocenters. The molecule has 1 aliphatic rings. The van der Waals surface area contributed by atoms with Gasteiger partial charge in [0.25, 0.3) is 0 Å². The summed E-state index contributed by atoms with van der Waals surface area (Å²) >= 11 is 5.80. The second kappa shape index (κ2) is 6.49. The predicted octanol–water partition coefficient (Wildman–Crippen LogP) is 3.54. The minimum absolute atomic E-state index is 0.170. The Labute approximate surface area is 124 Å². The third-order valence-corrected chi connectivity index (χ3v) is 3.26. The van der Waals surface area contributed by atoms with Gasteiger partial charge < -0.3 is 4.74 Å². The summed E-state index contributed by atoms with van der Waals surface area (Å²) in [6.45, 7) is 0.437. The number of nitrogens with one attached hydrogen (secondary N) is 1. The van der Waals surface area contributed by atoms with E-state index in [1.54, 1.807) is 24.3 Å². The molecule has 0 amide bonds. The van der Waals surface area contributed by atoms with Crippen LogP contribution in [0.1, 0.15) is 18.4 Å². The van der Waals surface area contributed by atoms with Gasteiger partial charge in [-0.05, 0) is 29.7 Å². The van der Waals surface area contributed by atoms with E-state index in [1.807, 2.05) is 6.08 Å². The van der Waals surface area contributed by atoms with Gasteiger partial charge in [0.1, 0.15) is 0 Å². The lowest BCUT2D eigenvalue weighted by atomic mass is 10.0. The highest BCUT2D eigenvalue weighted by Crippen LogP contribution is 2.26. The van der Waals surface area contributed by atoms with Gasteiger partial charge in [0.15, 0.2) is 6.23 Å². The largest absolute Gasteiger partial charge is 0.490 e. The van der Waals surface area contributed by atoms with E-state index in [2.05, 4.69) is 10.1 Å². The fourth-order valence-corrected chi connectivity index (χ4v) is 2.15. The normalized spacial score (nSPS) is 19.6. The third kappa shape index (κ3) is 4.47. The van der Waals surface area contributed by atoms with E-state index in [-0.39, 0.29) is 6.42 Å². The molecule has 3 nitrogen and oxygen atoms in total. The Hall–Kier alpha value is -1.53. The first kappa shape index (κ1) is 15.9. The molecule has 0 saturated carbocycles. The first-order valence-corrected chi connectivity index (χ1v) is 6.70. The summed E-state index contributed by atoms with van der Waals surface area (Å²) < 4.78 is 41.2. The number of alkyl halides is 3. The van der Waals surface area contributed by atoms with Crippen molar-refractivity contribution in [1.82, 2.24) is 5.32 Å². The number of esters is 1. The van der Waals surface area contributed by atoms with Crippen LogP contribution < -0.4 is 5.32 Å². The minimum atomic E-state index is -4.99. The molecule has 0 radical (unpaired) electrons. The highest BCUT2D eigenvalue weighted by atomic mass is 35.5. The van der Waals surface area contributed by atoms with Crippen molar-refractivity contribution < 1.29 is 22.7 Å². The molecule has 0 spiro atoms. The summed E-state index contributed by atoms with van der Waals surface area (Å²) in [5.74, 6) is -2.18. The van der Waals surface area contributed by atoms with Crippen LogP contribution in [0.5, 0.6) is 0 Å². The van der Waals surface area contributed by atoms with Crippen molar-refractivity contribution in [1.29, 1.82) is 0 Å². The highest BCUT2D eigenvalue weighted by Gasteiger charge is 2.42. The quantitative estimate of drug-likeness (QED) is 0.847. The SMILES string of the molecule is O=C(OC1CC(c2ccc(Cl)cc2)=CCCN1)C(F)(F)F. The molecule has 114 valence electrons. The first-order chi connectivity index (χ1) is 9.86. The van der Waals surface area contributed by atoms with Gasteiger partial charge in [-0.2, -0.15) is 13.2 Å². The molecule has 1 N–H and O–H groups in total. The zero-order valence-corrected chi connectivity index (χ0v) is 11.7. The predicted molar refractivity (Wildman–Crippen MR) is 72.6 cm³/mol.